The van der Waals surface area contributed by atoms with E-state index >= 15 is 0 Å². The van der Waals surface area contributed by atoms with Crippen molar-refractivity contribution in [3.05, 3.63) is 22.8 Å². The number of hydrogen-bond donors (Lipinski definition) is 2. The average Bonchev–Trinajstić information content (AvgIpc) is 2.31. The van der Waals surface area contributed by atoms with E-state index in [-0.39, 0.29) is 28.8 Å². The van der Waals surface area contributed by atoms with Crippen molar-refractivity contribution in [3.63, 3.8) is 0 Å². The summed E-state index contributed by atoms with van der Waals surface area (Å²) in [6.07, 6.45) is 0. The van der Waals surface area contributed by atoms with Gasteiger partial charge in [-0.1, -0.05) is 11.6 Å². The summed E-state index contributed by atoms with van der Waals surface area (Å²) in [6.45, 7) is -0.0356. The van der Waals surface area contributed by atoms with Gasteiger partial charge in [0.1, 0.15) is 11.5 Å². The molecule has 0 saturated carbocycles. The Hall–Kier alpha value is -1.38. The number of nitrogens with two attached hydrogens (primary N) is 1. The summed E-state index contributed by atoms with van der Waals surface area (Å²) in [5, 5.41) is 2.59. The number of rotatable bonds is 5. The molecule has 106 valence electrons. The number of carbonyl (C=O) groups excluding carboxylic acids is 1. The molecule has 9 heteroatoms. The van der Waals surface area contributed by atoms with Gasteiger partial charge in [-0.2, -0.15) is 0 Å². The zero-order valence-corrected chi connectivity index (χ0v) is 12.1. The number of nitrogens with zero attached hydrogens (tertiary/aromatic N) is 2. The molecular weight excluding hydrogens is 292 g/mol. The fourth-order valence-electron chi connectivity index (χ4n) is 1.18. The monoisotopic (exact) mass is 306 g/mol. The molecule has 1 aromatic heterocycles. The molecule has 0 spiro atoms. The Bertz CT molecular complexity index is 574. The zero-order valence-electron chi connectivity index (χ0n) is 10.6. The van der Waals surface area contributed by atoms with Crippen LogP contribution in [-0.4, -0.2) is 50.0 Å². The third-order valence-electron chi connectivity index (χ3n) is 2.28. The Kier molecular flexibility index (Phi) is 5.10. The van der Waals surface area contributed by atoms with Crippen LogP contribution in [0, 0.1) is 0 Å². The van der Waals surface area contributed by atoms with E-state index in [9.17, 15) is 13.2 Å². The van der Waals surface area contributed by atoms with Gasteiger partial charge in [0.25, 0.3) is 5.91 Å². The number of amides is 1. The molecule has 0 bridgehead atoms. The number of pyridine rings is 1. The number of carbonyl (C=O) groups is 1. The first-order valence-corrected chi connectivity index (χ1v) is 7.33. The summed E-state index contributed by atoms with van der Waals surface area (Å²) in [5.74, 6) is -0.604. The van der Waals surface area contributed by atoms with Crippen LogP contribution in [-0.2, 0) is 10.0 Å². The second kappa shape index (κ2) is 6.18. The highest BCUT2D eigenvalue weighted by Gasteiger charge is 2.16. The SMILES string of the molecule is CN(C)S(=O)(=O)CCNC(=O)c1nc(N)ccc1Cl. The van der Waals surface area contributed by atoms with Crippen molar-refractivity contribution in [2.45, 2.75) is 0 Å². The second-order valence-corrected chi connectivity index (χ2v) is 6.63. The third-order valence-corrected chi connectivity index (χ3v) is 4.42. The Morgan fingerprint density at radius 2 is 2.11 bits per heavy atom. The number of nitrogen functional groups attached to an aromatic ring is 1. The van der Waals surface area contributed by atoms with E-state index < -0.39 is 15.9 Å². The lowest BCUT2D eigenvalue weighted by molar-refractivity contribution is 0.0951. The lowest BCUT2D eigenvalue weighted by atomic mass is 10.3. The van der Waals surface area contributed by atoms with E-state index in [0.717, 1.165) is 4.31 Å². The van der Waals surface area contributed by atoms with E-state index in [2.05, 4.69) is 10.3 Å². The fraction of sp³-hybridized carbons (Fsp3) is 0.400. The molecule has 0 radical (unpaired) electrons. The minimum absolute atomic E-state index is 0.0242. The van der Waals surface area contributed by atoms with Crippen molar-refractivity contribution < 1.29 is 13.2 Å². The zero-order chi connectivity index (χ0) is 14.6. The van der Waals surface area contributed by atoms with E-state index in [1.54, 1.807) is 0 Å². The number of sulfonamides is 1. The maximum atomic E-state index is 11.8. The molecule has 0 aromatic carbocycles. The third kappa shape index (κ3) is 4.34. The van der Waals surface area contributed by atoms with Crippen LogP contribution in [0.25, 0.3) is 0 Å². The molecule has 0 unspecified atom stereocenters. The number of halogens is 1. The Morgan fingerprint density at radius 3 is 2.68 bits per heavy atom. The van der Waals surface area contributed by atoms with Crippen molar-refractivity contribution in [2.75, 3.05) is 32.1 Å². The van der Waals surface area contributed by atoms with Gasteiger partial charge in [0.2, 0.25) is 10.0 Å². The molecule has 7 nitrogen and oxygen atoms in total. The second-order valence-electron chi connectivity index (χ2n) is 3.92. The van der Waals surface area contributed by atoms with Gasteiger partial charge in [-0.3, -0.25) is 4.79 Å². The molecule has 0 fully saturated rings. The van der Waals surface area contributed by atoms with E-state index in [4.69, 9.17) is 17.3 Å². The minimum atomic E-state index is -3.35. The highest BCUT2D eigenvalue weighted by molar-refractivity contribution is 7.89. The van der Waals surface area contributed by atoms with Gasteiger partial charge >= 0.3 is 0 Å². The number of nitrogens with one attached hydrogen (secondary N) is 1. The lowest BCUT2D eigenvalue weighted by Crippen LogP contribution is -2.34. The largest absolute Gasteiger partial charge is 0.384 e. The molecule has 0 saturated heterocycles. The Balaban J connectivity index is 2.64. The van der Waals surface area contributed by atoms with Crippen molar-refractivity contribution in [1.29, 1.82) is 0 Å². The van der Waals surface area contributed by atoms with Crippen molar-refractivity contribution in [1.82, 2.24) is 14.6 Å². The van der Waals surface area contributed by atoms with Gasteiger partial charge in [-0.25, -0.2) is 17.7 Å². The molecule has 1 rings (SSSR count). The van der Waals surface area contributed by atoms with Crippen molar-refractivity contribution in [2.24, 2.45) is 0 Å². The molecule has 1 amide bonds. The van der Waals surface area contributed by atoms with Crippen LogP contribution in [0.15, 0.2) is 12.1 Å². The summed E-state index contributed by atoms with van der Waals surface area (Å²) >= 11 is 5.81. The molecule has 3 N–H and O–H groups in total. The summed E-state index contributed by atoms with van der Waals surface area (Å²) in [7, 11) is -0.506. The van der Waals surface area contributed by atoms with E-state index in [1.165, 1.54) is 26.2 Å². The van der Waals surface area contributed by atoms with Crippen LogP contribution in [0.3, 0.4) is 0 Å². The normalized spacial score (nSPS) is 11.6. The average molecular weight is 307 g/mol. The molecule has 0 atom stereocenters. The predicted molar refractivity (Wildman–Crippen MR) is 73.5 cm³/mol. The topological polar surface area (TPSA) is 105 Å². The van der Waals surface area contributed by atoms with Crippen LogP contribution in [0.2, 0.25) is 5.02 Å². The van der Waals surface area contributed by atoms with Gasteiger partial charge in [-0.15, -0.1) is 0 Å². The Morgan fingerprint density at radius 1 is 1.47 bits per heavy atom. The standard InChI is InChI=1S/C10H15ClN4O3S/c1-15(2)19(17,18)6-5-13-10(16)9-7(11)3-4-8(12)14-9/h3-4H,5-6H2,1-2H3,(H2,12,14)(H,13,16). The molecule has 1 aromatic rings. The van der Waals surface area contributed by atoms with E-state index in [0.29, 0.717) is 0 Å². The summed E-state index contributed by atoms with van der Waals surface area (Å²) in [5.41, 5.74) is 5.43. The molecule has 1 heterocycles. The van der Waals surface area contributed by atoms with Gasteiger partial charge in [0.15, 0.2) is 0 Å². The van der Waals surface area contributed by atoms with Crippen molar-refractivity contribution in [3.8, 4) is 0 Å². The van der Waals surface area contributed by atoms with Crippen LogP contribution in [0.5, 0.6) is 0 Å². The summed E-state index contributed by atoms with van der Waals surface area (Å²) < 4.78 is 24.1. The summed E-state index contributed by atoms with van der Waals surface area (Å²) in [4.78, 5) is 15.5. The predicted octanol–water partition coefficient (Wildman–Crippen LogP) is -0.0616. The number of aromatic nitrogens is 1. The first kappa shape index (κ1) is 15.7. The van der Waals surface area contributed by atoms with Crippen LogP contribution >= 0.6 is 11.6 Å². The fourth-order valence-corrected chi connectivity index (χ4v) is 2.09. The molecule has 0 aliphatic heterocycles. The first-order chi connectivity index (χ1) is 8.74. The highest BCUT2D eigenvalue weighted by Crippen LogP contribution is 2.14. The first-order valence-electron chi connectivity index (χ1n) is 5.34. The number of anilines is 1. The molecule has 0 aliphatic carbocycles. The van der Waals surface area contributed by atoms with Gasteiger partial charge < -0.3 is 11.1 Å². The number of hydrogen-bond acceptors (Lipinski definition) is 5. The maximum absolute atomic E-state index is 11.8. The maximum Gasteiger partial charge on any atom is 0.271 e. The lowest BCUT2D eigenvalue weighted by Gasteiger charge is -2.11. The van der Waals surface area contributed by atoms with Crippen LogP contribution in [0.4, 0.5) is 5.82 Å². The Labute approximate surface area is 116 Å². The highest BCUT2D eigenvalue weighted by atomic mass is 35.5. The minimum Gasteiger partial charge on any atom is -0.384 e. The molecule has 19 heavy (non-hydrogen) atoms. The van der Waals surface area contributed by atoms with Gasteiger partial charge in [0, 0.05) is 20.6 Å². The smallest absolute Gasteiger partial charge is 0.271 e. The van der Waals surface area contributed by atoms with Crippen LogP contribution < -0.4 is 11.1 Å². The van der Waals surface area contributed by atoms with E-state index in [1.807, 2.05) is 0 Å². The quantitative estimate of drug-likeness (QED) is 0.792. The van der Waals surface area contributed by atoms with Gasteiger partial charge in [0.05, 0.1) is 10.8 Å². The van der Waals surface area contributed by atoms with Crippen molar-refractivity contribution >= 4 is 33.3 Å². The van der Waals surface area contributed by atoms with Gasteiger partial charge in [-0.05, 0) is 12.1 Å². The molecular formula is C10H15ClN4O3S. The summed E-state index contributed by atoms with van der Waals surface area (Å²) in [6, 6.07) is 2.92. The molecule has 0 aliphatic rings. The van der Waals surface area contributed by atoms with Crippen LogP contribution in [0.1, 0.15) is 10.5 Å².